The molecule has 2 aliphatic carbocycles. The van der Waals surface area contributed by atoms with Crippen LogP contribution in [0.2, 0.25) is 0 Å². The first-order chi connectivity index (χ1) is 26.7. The Hall–Kier alpha value is -5.52. The Labute approximate surface area is 326 Å². The van der Waals surface area contributed by atoms with Crippen LogP contribution in [0.5, 0.6) is 23.0 Å². The highest BCUT2D eigenvalue weighted by molar-refractivity contribution is 6.05. The first kappa shape index (κ1) is 37.4. The summed E-state index contributed by atoms with van der Waals surface area (Å²) in [4.78, 5) is 55.2. The number of hydrogen-bond acceptors (Lipinski definition) is 12. The Kier molecular flexibility index (Phi) is 9.49. The van der Waals surface area contributed by atoms with Gasteiger partial charge >= 0.3 is 11.9 Å². The van der Waals surface area contributed by atoms with Crippen LogP contribution in [-0.2, 0) is 28.7 Å². The Morgan fingerprint density at radius 3 is 1.43 bits per heavy atom. The molecular formula is C44H48N2O10. The molecule has 294 valence electrons. The van der Waals surface area contributed by atoms with Crippen molar-refractivity contribution in [3.63, 3.8) is 0 Å². The Morgan fingerprint density at radius 1 is 0.625 bits per heavy atom. The monoisotopic (exact) mass is 764 g/mol. The smallest absolute Gasteiger partial charge is 0.336 e. The van der Waals surface area contributed by atoms with E-state index in [2.05, 4.69) is 38.3 Å². The number of carbonyl (C=O) groups is 4. The zero-order chi connectivity index (χ0) is 39.5. The molecule has 0 amide bonds. The Bertz CT molecular complexity index is 2030. The summed E-state index contributed by atoms with van der Waals surface area (Å²) < 4.78 is 34.0. The number of unbranched alkanes of at least 4 members (excludes halogenated alkanes) is 1. The molecule has 8 rings (SSSR count). The molecule has 12 nitrogen and oxygen atoms in total. The minimum Gasteiger partial charge on any atom is -0.462 e. The van der Waals surface area contributed by atoms with Crippen molar-refractivity contribution < 1.29 is 47.6 Å². The van der Waals surface area contributed by atoms with Gasteiger partial charge in [-0.25, -0.2) is 9.59 Å². The molecule has 0 saturated carbocycles. The first-order valence-electron chi connectivity index (χ1n) is 19.3. The third-order valence-electron chi connectivity index (χ3n) is 11.4. The Balaban J connectivity index is 0.940. The van der Waals surface area contributed by atoms with E-state index in [9.17, 15) is 19.2 Å². The molecule has 0 spiro atoms. The third kappa shape index (κ3) is 6.94. The molecule has 0 bridgehead atoms. The number of fused-ring (bicyclic) bond motifs is 2. The van der Waals surface area contributed by atoms with Gasteiger partial charge in [-0.15, -0.1) is 0 Å². The predicted octanol–water partition coefficient (Wildman–Crippen LogP) is 6.92. The van der Waals surface area contributed by atoms with Gasteiger partial charge in [0.25, 0.3) is 0 Å². The van der Waals surface area contributed by atoms with E-state index < -0.39 is 23.8 Å². The molecule has 2 aromatic carbocycles. The summed E-state index contributed by atoms with van der Waals surface area (Å²) in [6, 6.07) is 11.0. The number of esters is 2. The number of dihydropyridines is 2. The van der Waals surface area contributed by atoms with Crippen LogP contribution in [0.3, 0.4) is 0 Å². The fourth-order valence-corrected chi connectivity index (χ4v) is 8.95. The number of hydrogen-bond donors (Lipinski definition) is 2. The fourth-order valence-electron chi connectivity index (χ4n) is 8.95. The number of Topliss-reactive ketones (excluding diaryl/α,β-unsaturated/α-hetero) is 2. The largest absolute Gasteiger partial charge is 0.462 e. The summed E-state index contributed by atoms with van der Waals surface area (Å²) in [5, 5.41) is 6.75. The summed E-state index contributed by atoms with van der Waals surface area (Å²) in [6.07, 6.45) is 2.94. The molecule has 56 heavy (non-hydrogen) atoms. The summed E-state index contributed by atoms with van der Waals surface area (Å²) in [7, 11) is 0. The van der Waals surface area contributed by atoms with Gasteiger partial charge in [0.05, 0.1) is 24.4 Å². The lowest BCUT2D eigenvalue weighted by molar-refractivity contribution is -0.142. The van der Waals surface area contributed by atoms with Crippen LogP contribution in [0.1, 0.15) is 103 Å². The standard InChI is InChI=1S/C44H48N2O10/c1-23-35(37(25-9-11-31-33(15-25)55-21-53-31)39-27(45-23)17-43(3,4)19-29(39)47)41(49)51-13-7-8-14-52-42(50)36-24(2)46-28-18-44(5,6)20-30(48)40(28)38(36)26-10-12-32-34(16-26)56-22-54-32/h9-12,15-16,37-38,45-46H,7-8,13-14,17-22H2,1-6H3/t37-,38-/m1/s1. The van der Waals surface area contributed by atoms with Gasteiger partial charge in [-0.3, -0.25) is 9.59 Å². The summed E-state index contributed by atoms with van der Waals surface area (Å²) in [5.41, 5.74) is 5.89. The molecule has 4 heterocycles. The summed E-state index contributed by atoms with van der Waals surface area (Å²) in [6.45, 7) is 12.3. The second kappa shape index (κ2) is 14.2. The van der Waals surface area contributed by atoms with Gasteiger partial charge in [-0.1, -0.05) is 39.8 Å². The maximum absolute atomic E-state index is 13.9. The van der Waals surface area contributed by atoms with E-state index >= 15 is 0 Å². The maximum Gasteiger partial charge on any atom is 0.336 e. The quantitative estimate of drug-likeness (QED) is 0.202. The Morgan fingerprint density at radius 2 is 1.02 bits per heavy atom. The molecule has 0 radical (unpaired) electrons. The van der Waals surface area contributed by atoms with E-state index in [4.69, 9.17) is 28.4 Å². The van der Waals surface area contributed by atoms with Crippen LogP contribution in [0.15, 0.2) is 81.5 Å². The first-order valence-corrected chi connectivity index (χ1v) is 19.3. The molecular weight excluding hydrogens is 716 g/mol. The third-order valence-corrected chi connectivity index (χ3v) is 11.4. The maximum atomic E-state index is 13.9. The second-order valence-electron chi connectivity index (χ2n) is 17.1. The van der Waals surface area contributed by atoms with E-state index in [1.165, 1.54) is 0 Å². The zero-order valence-corrected chi connectivity index (χ0v) is 32.8. The number of ether oxygens (including phenoxy) is 6. The van der Waals surface area contributed by atoms with Crippen molar-refractivity contribution in [1.29, 1.82) is 0 Å². The minimum absolute atomic E-state index is 0.00507. The minimum atomic E-state index is -0.631. The van der Waals surface area contributed by atoms with Crippen LogP contribution < -0.4 is 29.6 Å². The molecule has 0 unspecified atom stereocenters. The number of rotatable bonds is 9. The molecule has 12 heteroatoms. The molecule has 6 aliphatic rings. The molecule has 2 atom stereocenters. The van der Waals surface area contributed by atoms with Gasteiger partial charge in [-0.2, -0.15) is 0 Å². The van der Waals surface area contributed by atoms with Crippen molar-refractivity contribution in [3.8, 4) is 23.0 Å². The molecule has 4 aliphatic heterocycles. The van der Waals surface area contributed by atoms with Crippen LogP contribution in [-0.4, -0.2) is 50.3 Å². The molecule has 2 N–H and O–H groups in total. The SMILES string of the molecule is CC1=C(C(=O)OCCCCOC(=O)C2=C(C)NC3=C(C(=O)CC(C)(C)C3)[C@@H]2c2ccc3c(c2)OCO3)[C@@H](c2ccc3c(c2)OCO3)C2=C(CC(C)(C)CC2=O)N1. The van der Waals surface area contributed by atoms with Crippen molar-refractivity contribution in [3.05, 3.63) is 92.6 Å². The number of carbonyl (C=O) groups excluding carboxylic acids is 4. The number of benzene rings is 2. The van der Waals surface area contributed by atoms with Gasteiger partial charge in [0.1, 0.15) is 0 Å². The van der Waals surface area contributed by atoms with E-state index in [0.717, 1.165) is 22.5 Å². The van der Waals surface area contributed by atoms with Gasteiger partial charge in [0, 0.05) is 58.6 Å². The lowest BCUT2D eigenvalue weighted by Gasteiger charge is -2.39. The molecule has 0 aromatic heterocycles. The normalized spacial score (nSPS) is 23.0. The van der Waals surface area contributed by atoms with Gasteiger partial charge < -0.3 is 39.1 Å². The number of allylic oxidation sites excluding steroid dienone is 6. The van der Waals surface area contributed by atoms with Crippen molar-refractivity contribution >= 4 is 23.5 Å². The lowest BCUT2D eigenvalue weighted by Crippen LogP contribution is -2.38. The number of ketones is 2. The van der Waals surface area contributed by atoms with Crippen LogP contribution in [0.25, 0.3) is 0 Å². The van der Waals surface area contributed by atoms with Crippen LogP contribution in [0.4, 0.5) is 0 Å². The van der Waals surface area contributed by atoms with Gasteiger partial charge in [0.2, 0.25) is 13.6 Å². The van der Waals surface area contributed by atoms with E-state index in [1.54, 1.807) is 12.1 Å². The highest BCUT2D eigenvalue weighted by atomic mass is 16.7. The average Bonchev–Trinajstić information content (AvgIpc) is 3.79. The van der Waals surface area contributed by atoms with Crippen molar-refractivity contribution in [2.75, 3.05) is 26.8 Å². The summed E-state index contributed by atoms with van der Waals surface area (Å²) >= 11 is 0. The van der Waals surface area contributed by atoms with Crippen molar-refractivity contribution in [2.24, 2.45) is 10.8 Å². The van der Waals surface area contributed by atoms with Gasteiger partial charge in [0.15, 0.2) is 34.6 Å². The fraction of sp³-hybridized carbons (Fsp3) is 0.455. The van der Waals surface area contributed by atoms with E-state index in [-0.39, 0.29) is 49.2 Å². The second-order valence-corrected chi connectivity index (χ2v) is 17.1. The van der Waals surface area contributed by atoms with E-state index in [0.29, 0.717) is 95.2 Å². The van der Waals surface area contributed by atoms with Crippen LogP contribution >= 0.6 is 0 Å². The topological polar surface area (TPSA) is 148 Å². The van der Waals surface area contributed by atoms with Gasteiger partial charge in [-0.05, 0) is 85.8 Å². The highest BCUT2D eigenvalue weighted by Crippen LogP contribution is 2.50. The highest BCUT2D eigenvalue weighted by Gasteiger charge is 2.45. The lowest BCUT2D eigenvalue weighted by atomic mass is 9.68. The zero-order valence-electron chi connectivity index (χ0n) is 32.8. The van der Waals surface area contributed by atoms with Crippen molar-refractivity contribution in [2.45, 2.75) is 91.9 Å². The van der Waals surface area contributed by atoms with Crippen LogP contribution in [0, 0.1) is 10.8 Å². The summed E-state index contributed by atoms with van der Waals surface area (Å²) in [5.74, 6) is 0.0354. The molecule has 0 saturated heterocycles. The van der Waals surface area contributed by atoms with Crippen molar-refractivity contribution in [1.82, 2.24) is 10.6 Å². The predicted molar refractivity (Wildman–Crippen MR) is 204 cm³/mol. The molecule has 2 aromatic rings. The molecule has 0 fully saturated rings. The van der Waals surface area contributed by atoms with E-state index in [1.807, 2.05) is 38.1 Å². The average molecular weight is 765 g/mol. The number of nitrogens with one attached hydrogen (secondary N) is 2.